The van der Waals surface area contributed by atoms with Crippen LogP contribution in [0.25, 0.3) is 10.2 Å². The van der Waals surface area contributed by atoms with Crippen LogP contribution in [-0.2, 0) is 6.42 Å². The fourth-order valence-corrected chi connectivity index (χ4v) is 3.60. The second-order valence-corrected chi connectivity index (χ2v) is 6.79. The second kappa shape index (κ2) is 9.85. The van der Waals surface area contributed by atoms with Gasteiger partial charge >= 0.3 is 0 Å². The zero-order valence-electron chi connectivity index (χ0n) is 14.3. The summed E-state index contributed by atoms with van der Waals surface area (Å²) < 4.78 is 7.16. The van der Waals surface area contributed by atoms with Crippen LogP contribution in [0.15, 0.2) is 18.2 Å². The highest BCUT2D eigenvalue weighted by molar-refractivity contribution is 7.18. The van der Waals surface area contributed by atoms with E-state index in [1.54, 1.807) is 11.3 Å². The van der Waals surface area contributed by atoms with Crippen molar-refractivity contribution >= 4 is 21.6 Å². The van der Waals surface area contributed by atoms with Gasteiger partial charge in [0.1, 0.15) is 17.9 Å². The van der Waals surface area contributed by atoms with E-state index in [1.807, 2.05) is 12.1 Å². The monoisotopic (exact) mass is 336 g/mol. The molecule has 0 radical (unpaired) electrons. The maximum absolute atomic E-state index is 9.03. The normalized spacial score (nSPS) is 11.5. The molecule has 0 aliphatic heterocycles. The molecule has 0 bridgehead atoms. The van der Waals surface area contributed by atoms with Gasteiger partial charge in [-0.1, -0.05) is 32.8 Å². The van der Waals surface area contributed by atoms with E-state index in [-0.39, 0.29) is 6.61 Å². The van der Waals surface area contributed by atoms with Gasteiger partial charge in [-0.05, 0) is 31.5 Å². The quantitative estimate of drug-likeness (QED) is 0.635. The molecule has 4 nitrogen and oxygen atoms in total. The zero-order valence-corrected chi connectivity index (χ0v) is 15.1. The van der Waals surface area contributed by atoms with Crippen LogP contribution in [0.5, 0.6) is 5.75 Å². The Bertz CT molecular complexity index is 585. The number of ether oxygens (including phenoxy) is 1. The van der Waals surface area contributed by atoms with Crippen molar-refractivity contribution in [1.29, 1.82) is 0 Å². The Morgan fingerprint density at radius 3 is 2.83 bits per heavy atom. The van der Waals surface area contributed by atoms with Crippen molar-refractivity contribution in [2.75, 3.05) is 32.8 Å². The molecule has 0 fully saturated rings. The molecule has 0 spiro atoms. The molecule has 0 saturated heterocycles. The number of aliphatic hydroxyl groups is 1. The first-order chi connectivity index (χ1) is 11.3. The molecule has 0 amide bonds. The van der Waals surface area contributed by atoms with Gasteiger partial charge < -0.3 is 9.84 Å². The predicted octanol–water partition coefficient (Wildman–Crippen LogP) is 3.72. The van der Waals surface area contributed by atoms with Crippen molar-refractivity contribution in [3.8, 4) is 5.75 Å². The van der Waals surface area contributed by atoms with Gasteiger partial charge in [0.15, 0.2) is 0 Å². The van der Waals surface area contributed by atoms with Gasteiger partial charge in [-0.25, -0.2) is 4.98 Å². The zero-order chi connectivity index (χ0) is 16.5. The molecule has 1 aromatic carbocycles. The van der Waals surface area contributed by atoms with Crippen LogP contribution < -0.4 is 4.74 Å². The van der Waals surface area contributed by atoms with Crippen LogP contribution in [0.2, 0.25) is 0 Å². The van der Waals surface area contributed by atoms with E-state index in [1.165, 1.54) is 29.0 Å². The third-order valence-electron chi connectivity index (χ3n) is 3.95. The minimum Gasteiger partial charge on any atom is -0.490 e. The van der Waals surface area contributed by atoms with Gasteiger partial charge in [0.2, 0.25) is 0 Å². The molecule has 128 valence electrons. The van der Waals surface area contributed by atoms with E-state index in [2.05, 4.69) is 24.8 Å². The molecular formula is C18H28N2O2S. The van der Waals surface area contributed by atoms with Crippen LogP contribution in [0.3, 0.4) is 0 Å². The van der Waals surface area contributed by atoms with Gasteiger partial charge in [-0.15, -0.1) is 11.3 Å². The first kappa shape index (κ1) is 18.2. The summed E-state index contributed by atoms with van der Waals surface area (Å²) in [4.78, 5) is 6.96. The first-order valence-corrected chi connectivity index (χ1v) is 9.44. The summed E-state index contributed by atoms with van der Waals surface area (Å²) in [6.07, 6.45) is 4.77. The number of hydrogen-bond donors (Lipinski definition) is 1. The Balaban J connectivity index is 1.97. The van der Waals surface area contributed by atoms with Gasteiger partial charge in [-0.3, -0.25) is 4.90 Å². The van der Waals surface area contributed by atoms with Gasteiger partial charge in [0, 0.05) is 13.1 Å². The van der Waals surface area contributed by atoms with E-state index < -0.39 is 0 Å². The highest BCUT2D eigenvalue weighted by atomic mass is 32.1. The van der Waals surface area contributed by atoms with E-state index >= 15 is 0 Å². The third kappa shape index (κ3) is 5.44. The third-order valence-corrected chi connectivity index (χ3v) is 5.03. The SMILES string of the molecule is CCCCCc1nc2c(OCCN(CC)CCO)cccc2s1. The Morgan fingerprint density at radius 2 is 2.09 bits per heavy atom. The maximum Gasteiger partial charge on any atom is 0.146 e. The topological polar surface area (TPSA) is 45.6 Å². The molecule has 1 aromatic heterocycles. The summed E-state index contributed by atoms with van der Waals surface area (Å²) in [6.45, 7) is 7.57. The Labute approximate surface area is 143 Å². The Kier molecular flexibility index (Phi) is 7.79. The highest BCUT2D eigenvalue weighted by Gasteiger charge is 2.09. The van der Waals surface area contributed by atoms with Gasteiger partial charge in [0.05, 0.1) is 16.3 Å². The second-order valence-electron chi connectivity index (χ2n) is 5.67. The minimum atomic E-state index is 0.191. The number of thiazole rings is 1. The average Bonchev–Trinajstić information content (AvgIpc) is 2.98. The van der Waals surface area contributed by atoms with E-state index in [0.29, 0.717) is 13.2 Å². The standard InChI is InChI=1S/C18H28N2O2S/c1-3-5-6-10-17-19-18-15(8-7-9-16(18)23-17)22-14-12-20(4-2)11-13-21/h7-9,21H,3-6,10-14H2,1-2H3. The summed E-state index contributed by atoms with van der Waals surface area (Å²) >= 11 is 1.78. The van der Waals surface area contributed by atoms with E-state index in [4.69, 9.17) is 14.8 Å². The van der Waals surface area contributed by atoms with Gasteiger partial charge in [-0.2, -0.15) is 0 Å². The fourth-order valence-electron chi connectivity index (χ4n) is 2.57. The van der Waals surface area contributed by atoms with Crippen molar-refractivity contribution in [2.45, 2.75) is 39.5 Å². The van der Waals surface area contributed by atoms with Crippen molar-refractivity contribution in [1.82, 2.24) is 9.88 Å². The molecule has 0 unspecified atom stereocenters. The van der Waals surface area contributed by atoms with Crippen LogP contribution in [-0.4, -0.2) is 47.8 Å². The number of aliphatic hydroxyl groups excluding tert-OH is 1. The molecule has 0 atom stereocenters. The lowest BCUT2D eigenvalue weighted by Crippen LogP contribution is -2.30. The largest absolute Gasteiger partial charge is 0.490 e. The van der Waals surface area contributed by atoms with E-state index in [9.17, 15) is 0 Å². The number of rotatable bonds is 11. The molecule has 0 saturated carbocycles. The van der Waals surface area contributed by atoms with E-state index in [0.717, 1.165) is 30.8 Å². The van der Waals surface area contributed by atoms with Crippen LogP contribution in [0.4, 0.5) is 0 Å². The van der Waals surface area contributed by atoms with Crippen molar-refractivity contribution in [3.63, 3.8) is 0 Å². The molecule has 0 aliphatic carbocycles. The summed E-state index contributed by atoms with van der Waals surface area (Å²) in [7, 11) is 0. The number of aryl methyl sites for hydroxylation is 1. The van der Waals surface area contributed by atoms with Crippen LogP contribution >= 0.6 is 11.3 Å². The fraction of sp³-hybridized carbons (Fsp3) is 0.611. The van der Waals surface area contributed by atoms with Crippen molar-refractivity contribution in [2.24, 2.45) is 0 Å². The number of aromatic nitrogens is 1. The summed E-state index contributed by atoms with van der Waals surface area (Å²) in [5.41, 5.74) is 0.995. The van der Waals surface area contributed by atoms with Crippen molar-refractivity contribution < 1.29 is 9.84 Å². The Hall–Kier alpha value is -1.17. The molecular weight excluding hydrogens is 308 g/mol. The molecule has 23 heavy (non-hydrogen) atoms. The number of fused-ring (bicyclic) bond motifs is 1. The van der Waals surface area contributed by atoms with Crippen LogP contribution in [0, 0.1) is 0 Å². The smallest absolute Gasteiger partial charge is 0.146 e. The first-order valence-electron chi connectivity index (χ1n) is 8.62. The predicted molar refractivity (Wildman–Crippen MR) is 97.5 cm³/mol. The lowest BCUT2D eigenvalue weighted by Gasteiger charge is -2.19. The molecule has 2 rings (SSSR count). The molecule has 0 aliphatic rings. The highest BCUT2D eigenvalue weighted by Crippen LogP contribution is 2.30. The number of hydrogen-bond acceptors (Lipinski definition) is 5. The molecule has 5 heteroatoms. The lowest BCUT2D eigenvalue weighted by atomic mass is 10.2. The summed E-state index contributed by atoms with van der Waals surface area (Å²) in [5.74, 6) is 0.876. The molecule has 2 aromatic rings. The van der Waals surface area contributed by atoms with Crippen molar-refractivity contribution in [3.05, 3.63) is 23.2 Å². The lowest BCUT2D eigenvalue weighted by molar-refractivity contribution is 0.174. The summed E-state index contributed by atoms with van der Waals surface area (Å²) in [6, 6.07) is 6.16. The summed E-state index contributed by atoms with van der Waals surface area (Å²) in [5, 5.41) is 10.2. The minimum absolute atomic E-state index is 0.191. The maximum atomic E-state index is 9.03. The van der Waals surface area contributed by atoms with Gasteiger partial charge in [0.25, 0.3) is 0 Å². The molecule has 1 N–H and O–H groups in total. The number of para-hydroxylation sites is 1. The number of nitrogens with zero attached hydrogens (tertiary/aromatic N) is 2. The number of likely N-dealkylation sites (N-methyl/N-ethyl adjacent to an activating group) is 1. The number of unbranched alkanes of at least 4 members (excludes halogenated alkanes) is 2. The average molecular weight is 337 g/mol. The molecule has 1 heterocycles. The number of benzene rings is 1. The Morgan fingerprint density at radius 1 is 1.22 bits per heavy atom. The van der Waals surface area contributed by atoms with Crippen LogP contribution in [0.1, 0.15) is 38.1 Å².